The zero-order chi connectivity index (χ0) is 21.5. The molecule has 2 aromatic carbocycles. The molecule has 7 heteroatoms. The number of alkyl halides is 3. The van der Waals surface area contributed by atoms with Gasteiger partial charge in [-0.05, 0) is 36.8 Å². The first kappa shape index (κ1) is 20.1. The Balaban J connectivity index is 1.96. The molecule has 1 aromatic heterocycles. The topological polar surface area (TPSA) is 35.8 Å². The van der Waals surface area contributed by atoms with Gasteiger partial charge in [0.1, 0.15) is 0 Å². The maximum absolute atomic E-state index is 13.3. The van der Waals surface area contributed by atoms with Crippen molar-refractivity contribution in [2.24, 2.45) is 4.99 Å². The van der Waals surface area contributed by atoms with Crippen molar-refractivity contribution in [1.82, 2.24) is 4.57 Å². The van der Waals surface area contributed by atoms with Gasteiger partial charge in [-0.1, -0.05) is 19.1 Å². The second-order valence-electron chi connectivity index (χ2n) is 7.01. The van der Waals surface area contributed by atoms with E-state index in [9.17, 15) is 13.2 Å². The summed E-state index contributed by atoms with van der Waals surface area (Å²) in [6.07, 6.45) is -1.87. The number of halogens is 3. The van der Waals surface area contributed by atoms with Crippen LogP contribution in [0.3, 0.4) is 0 Å². The Morgan fingerprint density at radius 1 is 1.00 bits per heavy atom. The van der Waals surface area contributed by atoms with Crippen LogP contribution >= 0.6 is 0 Å². The third-order valence-corrected chi connectivity index (χ3v) is 5.28. The van der Waals surface area contributed by atoms with Gasteiger partial charge in [-0.3, -0.25) is 4.99 Å². The van der Waals surface area contributed by atoms with Crippen LogP contribution in [-0.2, 0) is 6.18 Å². The molecule has 0 bridgehead atoms. The third kappa shape index (κ3) is 3.34. The fourth-order valence-electron chi connectivity index (χ4n) is 3.81. The summed E-state index contributed by atoms with van der Waals surface area (Å²) >= 11 is 0. The van der Waals surface area contributed by atoms with Crippen LogP contribution in [0, 0.1) is 0 Å². The van der Waals surface area contributed by atoms with Crippen LogP contribution < -0.4 is 9.47 Å². The first-order valence-electron chi connectivity index (χ1n) is 9.56. The lowest BCUT2D eigenvalue weighted by molar-refractivity contribution is -0.137. The summed E-state index contributed by atoms with van der Waals surface area (Å²) in [5, 5.41) is 0. The van der Waals surface area contributed by atoms with Crippen molar-refractivity contribution >= 4 is 5.71 Å². The number of rotatable bonds is 4. The van der Waals surface area contributed by atoms with Crippen LogP contribution in [0.25, 0.3) is 5.69 Å². The van der Waals surface area contributed by atoms with Crippen molar-refractivity contribution in [2.75, 3.05) is 14.2 Å². The van der Waals surface area contributed by atoms with Crippen molar-refractivity contribution in [2.45, 2.75) is 25.6 Å². The van der Waals surface area contributed by atoms with Crippen LogP contribution in [0.5, 0.6) is 11.5 Å². The molecule has 156 valence electrons. The molecule has 2 heterocycles. The van der Waals surface area contributed by atoms with E-state index in [4.69, 9.17) is 14.5 Å². The molecule has 30 heavy (non-hydrogen) atoms. The molecule has 4 rings (SSSR count). The summed E-state index contributed by atoms with van der Waals surface area (Å²) in [6.45, 7) is 2.00. The highest BCUT2D eigenvalue weighted by Crippen LogP contribution is 2.40. The molecule has 0 aliphatic carbocycles. The Morgan fingerprint density at radius 3 is 2.40 bits per heavy atom. The van der Waals surface area contributed by atoms with E-state index in [0.29, 0.717) is 29.2 Å². The van der Waals surface area contributed by atoms with Gasteiger partial charge in [0, 0.05) is 23.4 Å². The number of aromatic nitrogens is 1. The Kier molecular flexibility index (Phi) is 5.05. The van der Waals surface area contributed by atoms with Crippen molar-refractivity contribution in [3.63, 3.8) is 0 Å². The van der Waals surface area contributed by atoms with Gasteiger partial charge < -0.3 is 14.0 Å². The highest BCUT2D eigenvalue weighted by atomic mass is 19.4. The predicted molar refractivity (Wildman–Crippen MR) is 109 cm³/mol. The van der Waals surface area contributed by atoms with Crippen LogP contribution in [-0.4, -0.2) is 24.5 Å². The van der Waals surface area contributed by atoms with Crippen LogP contribution in [0.1, 0.15) is 41.8 Å². The monoisotopic (exact) mass is 414 g/mol. The summed E-state index contributed by atoms with van der Waals surface area (Å²) in [7, 11) is 3.14. The van der Waals surface area contributed by atoms with E-state index in [-0.39, 0.29) is 6.04 Å². The smallest absolute Gasteiger partial charge is 0.416 e. The maximum atomic E-state index is 13.3. The van der Waals surface area contributed by atoms with Gasteiger partial charge in [-0.25, -0.2) is 0 Å². The van der Waals surface area contributed by atoms with Crippen molar-refractivity contribution < 1.29 is 22.6 Å². The molecule has 3 aromatic rings. The molecule has 0 saturated carbocycles. The van der Waals surface area contributed by atoms with E-state index in [2.05, 4.69) is 0 Å². The fourth-order valence-corrected chi connectivity index (χ4v) is 3.81. The summed E-state index contributed by atoms with van der Waals surface area (Å²) in [4.78, 5) is 4.91. The maximum Gasteiger partial charge on any atom is 0.416 e. The predicted octanol–water partition coefficient (Wildman–Crippen LogP) is 5.82. The Bertz CT molecular complexity index is 1120. The second kappa shape index (κ2) is 7.55. The molecule has 0 N–H and O–H groups in total. The van der Waals surface area contributed by atoms with Gasteiger partial charge in [0.05, 0.1) is 42.9 Å². The molecule has 1 unspecified atom stereocenters. The van der Waals surface area contributed by atoms with Gasteiger partial charge in [0.2, 0.25) is 0 Å². The lowest BCUT2D eigenvalue weighted by Gasteiger charge is -2.18. The average Bonchev–Trinajstić information content (AvgIpc) is 3.18. The highest BCUT2D eigenvalue weighted by Gasteiger charge is 2.32. The van der Waals surface area contributed by atoms with Crippen LogP contribution in [0.4, 0.5) is 13.2 Å². The van der Waals surface area contributed by atoms with E-state index in [1.54, 1.807) is 20.3 Å². The van der Waals surface area contributed by atoms with E-state index < -0.39 is 11.7 Å². The number of hydrogen-bond donors (Lipinski definition) is 0. The van der Waals surface area contributed by atoms with Gasteiger partial charge in [-0.15, -0.1) is 0 Å². The SMILES string of the molecule is CCC1N=C(c2cccc(C(F)(F)F)c2)c2cccn2-c2cc(OC)c(OC)cc21. The molecule has 0 amide bonds. The van der Waals surface area contributed by atoms with E-state index in [1.165, 1.54) is 6.07 Å². The number of hydrogen-bond acceptors (Lipinski definition) is 3. The molecular weight excluding hydrogens is 393 g/mol. The Morgan fingerprint density at radius 2 is 1.73 bits per heavy atom. The minimum Gasteiger partial charge on any atom is -0.493 e. The highest BCUT2D eigenvalue weighted by molar-refractivity contribution is 6.13. The first-order valence-corrected chi connectivity index (χ1v) is 9.56. The van der Waals surface area contributed by atoms with Gasteiger partial charge in [0.15, 0.2) is 11.5 Å². The number of methoxy groups -OCH3 is 2. The van der Waals surface area contributed by atoms with Gasteiger partial charge in [-0.2, -0.15) is 13.2 Å². The minimum absolute atomic E-state index is 0.246. The summed E-state index contributed by atoms with van der Waals surface area (Å²) < 4.78 is 52.8. The molecular formula is C23H21F3N2O2. The van der Waals surface area contributed by atoms with E-state index in [1.807, 2.05) is 42.0 Å². The first-order chi connectivity index (χ1) is 14.4. The quantitative estimate of drug-likeness (QED) is 0.540. The number of nitrogens with zero attached hydrogens (tertiary/aromatic N) is 2. The molecule has 0 radical (unpaired) electrons. The van der Waals surface area contributed by atoms with Crippen molar-refractivity contribution in [3.8, 4) is 17.2 Å². The number of ether oxygens (including phenoxy) is 2. The standard InChI is InChI=1S/C23H21F3N2O2/c1-4-17-16-12-20(29-2)21(30-3)13-19(16)28-10-6-9-18(28)22(27-17)14-7-5-8-15(11-14)23(24,25)26/h5-13,17H,4H2,1-3H3. The van der Waals surface area contributed by atoms with Gasteiger partial charge in [0.25, 0.3) is 0 Å². The largest absolute Gasteiger partial charge is 0.493 e. The number of fused-ring (bicyclic) bond motifs is 3. The summed E-state index contributed by atoms with van der Waals surface area (Å²) in [6, 6.07) is 12.5. The Hall–Kier alpha value is -3.22. The fraction of sp³-hybridized carbons (Fsp3) is 0.261. The summed E-state index contributed by atoms with van der Waals surface area (Å²) in [5.41, 5.74) is 2.76. The molecule has 0 spiro atoms. The lowest BCUT2D eigenvalue weighted by Crippen LogP contribution is -2.11. The van der Waals surface area contributed by atoms with E-state index in [0.717, 1.165) is 29.1 Å². The van der Waals surface area contributed by atoms with Crippen LogP contribution in [0.15, 0.2) is 59.7 Å². The van der Waals surface area contributed by atoms with Gasteiger partial charge >= 0.3 is 6.18 Å². The number of benzene rings is 2. The summed E-state index contributed by atoms with van der Waals surface area (Å²) in [5.74, 6) is 1.16. The third-order valence-electron chi connectivity index (χ3n) is 5.28. The normalized spacial score (nSPS) is 15.7. The molecule has 1 atom stereocenters. The molecule has 0 saturated heterocycles. The lowest BCUT2D eigenvalue weighted by atomic mass is 10.0. The van der Waals surface area contributed by atoms with Crippen molar-refractivity contribution in [3.05, 3.63) is 77.1 Å². The zero-order valence-electron chi connectivity index (χ0n) is 16.8. The zero-order valence-corrected chi connectivity index (χ0v) is 16.8. The Labute approximate surface area is 172 Å². The average molecular weight is 414 g/mol. The number of aliphatic imine (C=N–C) groups is 1. The minimum atomic E-state index is -4.42. The molecule has 0 fully saturated rings. The van der Waals surface area contributed by atoms with E-state index >= 15 is 0 Å². The molecule has 4 nitrogen and oxygen atoms in total. The second-order valence-corrected chi connectivity index (χ2v) is 7.01. The van der Waals surface area contributed by atoms with Crippen LogP contribution in [0.2, 0.25) is 0 Å². The molecule has 1 aliphatic heterocycles. The van der Waals surface area contributed by atoms with Crippen molar-refractivity contribution in [1.29, 1.82) is 0 Å². The molecule has 1 aliphatic rings.